The fourth-order valence-corrected chi connectivity index (χ4v) is 3.39. The van der Waals surface area contributed by atoms with E-state index >= 15 is 0 Å². The van der Waals surface area contributed by atoms with E-state index in [0.29, 0.717) is 21.7 Å². The summed E-state index contributed by atoms with van der Waals surface area (Å²) < 4.78 is 7.26. The number of aryl methyl sites for hydroxylation is 1. The van der Waals surface area contributed by atoms with E-state index in [0.717, 1.165) is 5.56 Å². The van der Waals surface area contributed by atoms with Crippen molar-refractivity contribution >= 4 is 28.6 Å². The van der Waals surface area contributed by atoms with E-state index < -0.39 is 30.6 Å². The van der Waals surface area contributed by atoms with Gasteiger partial charge < -0.3 is 25.8 Å². The minimum absolute atomic E-state index is 0.194. The van der Waals surface area contributed by atoms with Crippen LogP contribution in [0.1, 0.15) is 23.5 Å². The molecule has 1 aromatic carbocycles. The number of benzene rings is 1. The molecule has 10 heteroatoms. The van der Waals surface area contributed by atoms with Crippen LogP contribution in [0.4, 0.5) is 5.82 Å². The van der Waals surface area contributed by atoms with Gasteiger partial charge in [-0.3, -0.25) is 4.57 Å². The number of anilines is 1. The number of imidazole rings is 1. The molecule has 0 amide bonds. The monoisotopic (exact) mass is 391 g/mol. The first kappa shape index (κ1) is 18.1. The summed E-state index contributed by atoms with van der Waals surface area (Å²) in [5.41, 5.74) is 7.80. The number of aromatic nitrogens is 4. The van der Waals surface area contributed by atoms with Gasteiger partial charge in [0.05, 0.1) is 6.33 Å². The van der Waals surface area contributed by atoms with Crippen LogP contribution >= 0.6 is 11.6 Å². The second-order valence-corrected chi connectivity index (χ2v) is 6.92. The van der Waals surface area contributed by atoms with Crippen molar-refractivity contribution in [2.45, 2.75) is 37.6 Å². The molecule has 3 aromatic rings. The Kier molecular flexibility index (Phi) is 4.49. The summed E-state index contributed by atoms with van der Waals surface area (Å²) in [5.74, 6) is 0.194. The second-order valence-electron chi connectivity index (χ2n) is 6.51. The van der Waals surface area contributed by atoms with Gasteiger partial charge in [0.1, 0.15) is 36.3 Å². The minimum Gasteiger partial charge on any atom is -0.387 e. The summed E-state index contributed by atoms with van der Waals surface area (Å²) in [4.78, 5) is 12.1. The molecule has 0 unspecified atom stereocenters. The second kappa shape index (κ2) is 6.70. The number of rotatable bonds is 3. The van der Waals surface area contributed by atoms with Gasteiger partial charge in [0, 0.05) is 5.02 Å². The van der Waals surface area contributed by atoms with Crippen molar-refractivity contribution in [2.24, 2.45) is 0 Å². The zero-order valence-corrected chi connectivity index (χ0v) is 15.0. The van der Waals surface area contributed by atoms with Crippen LogP contribution in [0.5, 0.6) is 0 Å². The van der Waals surface area contributed by atoms with Crippen molar-refractivity contribution in [1.82, 2.24) is 19.5 Å². The zero-order valence-electron chi connectivity index (χ0n) is 14.3. The number of nitrogens with two attached hydrogens (primary N) is 1. The molecule has 2 aromatic heterocycles. The highest BCUT2D eigenvalue weighted by Gasteiger charge is 2.47. The zero-order chi connectivity index (χ0) is 19.3. The van der Waals surface area contributed by atoms with Crippen LogP contribution in [0.3, 0.4) is 0 Å². The van der Waals surface area contributed by atoms with Crippen LogP contribution < -0.4 is 5.73 Å². The van der Waals surface area contributed by atoms with Crippen LogP contribution in [-0.4, -0.2) is 53.2 Å². The van der Waals surface area contributed by atoms with Crippen molar-refractivity contribution in [3.8, 4) is 0 Å². The molecule has 1 aliphatic rings. The van der Waals surface area contributed by atoms with Gasteiger partial charge in [-0.15, -0.1) is 0 Å². The van der Waals surface area contributed by atoms with Crippen LogP contribution in [0.2, 0.25) is 5.02 Å². The number of nitrogen functional groups attached to an aromatic ring is 1. The molecule has 5 atom stereocenters. The SMILES string of the molecule is Cc1cc([C@@H](O)[C@H]2O[C@@H](n3cnc4c(N)ncnc43)[C@H](O)[C@@H]2O)ccc1Cl. The fraction of sp³-hybridized carbons (Fsp3) is 0.353. The summed E-state index contributed by atoms with van der Waals surface area (Å²) in [7, 11) is 0. The molecule has 4 rings (SSSR count). The van der Waals surface area contributed by atoms with Crippen LogP contribution in [-0.2, 0) is 4.74 Å². The molecule has 1 saturated heterocycles. The lowest BCUT2D eigenvalue weighted by atomic mass is 9.98. The van der Waals surface area contributed by atoms with Gasteiger partial charge in [-0.1, -0.05) is 23.7 Å². The van der Waals surface area contributed by atoms with Crippen molar-refractivity contribution in [3.63, 3.8) is 0 Å². The van der Waals surface area contributed by atoms with E-state index in [9.17, 15) is 15.3 Å². The first-order valence-corrected chi connectivity index (χ1v) is 8.65. The molecular weight excluding hydrogens is 374 g/mol. The summed E-state index contributed by atoms with van der Waals surface area (Å²) in [6, 6.07) is 5.02. The van der Waals surface area contributed by atoms with E-state index in [-0.39, 0.29) is 5.82 Å². The van der Waals surface area contributed by atoms with Crippen molar-refractivity contribution < 1.29 is 20.1 Å². The summed E-state index contributed by atoms with van der Waals surface area (Å²) in [6.07, 6.45) is -3.16. The molecule has 1 fully saturated rings. The lowest BCUT2D eigenvalue weighted by molar-refractivity contribution is -0.0849. The largest absolute Gasteiger partial charge is 0.387 e. The van der Waals surface area contributed by atoms with Crippen LogP contribution in [0, 0.1) is 6.92 Å². The molecule has 142 valence electrons. The number of hydrogen-bond acceptors (Lipinski definition) is 8. The third-order valence-corrected chi connectivity index (χ3v) is 5.20. The average Bonchev–Trinajstić information content (AvgIpc) is 3.20. The molecule has 0 spiro atoms. The quantitative estimate of drug-likeness (QED) is 0.512. The maximum atomic E-state index is 10.7. The third kappa shape index (κ3) is 2.93. The summed E-state index contributed by atoms with van der Waals surface area (Å²) >= 11 is 6.02. The van der Waals surface area contributed by atoms with Gasteiger partial charge in [-0.05, 0) is 24.1 Å². The molecule has 27 heavy (non-hydrogen) atoms. The Hall–Kier alpha value is -2.30. The Morgan fingerprint density at radius 2 is 2.00 bits per heavy atom. The van der Waals surface area contributed by atoms with E-state index in [2.05, 4.69) is 15.0 Å². The van der Waals surface area contributed by atoms with E-state index in [1.165, 1.54) is 17.2 Å². The molecule has 0 aliphatic carbocycles. The first-order valence-electron chi connectivity index (χ1n) is 8.27. The molecule has 1 aliphatic heterocycles. The van der Waals surface area contributed by atoms with Gasteiger partial charge in [0.2, 0.25) is 0 Å². The number of halogens is 1. The van der Waals surface area contributed by atoms with E-state index in [1.54, 1.807) is 18.2 Å². The van der Waals surface area contributed by atoms with Gasteiger partial charge in [0.25, 0.3) is 0 Å². The number of ether oxygens (including phenoxy) is 1. The highest BCUT2D eigenvalue weighted by atomic mass is 35.5. The number of nitrogens with zero attached hydrogens (tertiary/aromatic N) is 4. The number of aliphatic hydroxyl groups is 3. The molecule has 5 N–H and O–H groups in total. The Bertz CT molecular complexity index is 997. The maximum Gasteiger partial charge on any atom is 0.167 e. The standard InChI is InChI=1S/C17H18ClN5O4/c1-7-4-8(2-3-9(7)18)11(24)14-12(25)13(26)17(27-14)23-6-22-10-15(19)20-5-21-16(10)23/h2-6,11-14,17,24-26H,1H3,(H2,19,20,21)/t11-,12+,13-,14-,17-/m1/s1. The minimum atomic E-state index is -1.32. The Labute approximate surface area is 159 Å². The highest BCUT2D eigenvalue weighted by Crippen LogP contribution is 2.37. The van der Waals surface area contributed by atoms with Gasteiger partial charge >= 0.3 is 0 Å². The molecule has 0 radical (unpaired) electrons. The Balaban J connectivity index is 1.66. The van der Waals surface area contributed by atoms with Gasteiger partial charge in [-0.25, -0.2) is 15.0 Å². The fourth-order valence-electron chi connectivity index (χ4n) is 3.27. The van der Waals surface area contributed by atoms with E-state index in [4.69, 9.17) is 22.1 Å². The van der Waals surface area contributed by atoms with Gasteiger partial charge in [-0.2, -0.15) is 0 Å². The molecule has 3 heterocycles. The van der Waals surface area contributed by atoms with E-state index in [1.807, 2.05) is 6.92 Å². The topological polar surface area (TPSA) is 140 Å². The van der Waals surface area contributed by atoms with Crippen LogP contribution in [0.25, 0.3) is 11.2 Å². The van der Waals surface area contributed by atoms with Crippen molar-refractivity contribution in [2.75, 3.05) is 5.73 Å². The predicted octanol–water partition coefficient (Wildman–Crippen LogP) is 0.723. The Morgan fingerprint density at radius 3 is 2.74 bits per heavy atom. The first-order chi connectivity index (χ1) is 12.9. The maximum absolute atomic E-state index is 10.7. The number of fused-ring (bicyclic) bond motifs is 1. The normalized spacial score (nSPS) is 26.6. The van der Waals surface area contributed by atoms with Crippen LogP contribution in [0.15, 0.2) is 30.9 Å². The molecule has 9 nitrogen and oxygen atoms in total. The van der Waals surface area contributed by atoms with Crippen molar-refractivity contribution in [3.05, 3.63) is 47.0 Å². The summed E-state index contributed by atoms with van der Waals surface area (Å²) in [6.45, 7) is 1.81. The summed E-state index contributed by atoms with van der Waals surface area (Å²) in [5, 5.41) is 32.2. The molecule has 0 bridgehead atoms. The number of aliphatic hydroxyl groups excluding tert-OH is 3. The average molecular weight is 392 g/mol. The predicted molar refractivity (Wildman–Crippen MR) is 96.8 cm³/mol. The smallest absolute Gasteiger partial charge is 0.167 e. The lowest BCUT2D eigenvalue weighted by Crippen LogP contribution is -2.34. The Morgan fingerprint density at radius 1 is 1.22 bits per heavy atom. The molecule has 0 saturated carbocycles. The number of hydrogen-bond donors (Lipinski definition) is 4. The third-order valence-electron chi connectivity index (χ3n) is 4.77. The highest BCUT2D eigenvalue weighted by molar-refractivity contribution is 6.31. The molecular formula is C17H18ClN5O4. The lowest BCUT2D eigenvalue weighted by Gasteiger charge is -2.22. The van der Waals surface area contributed by atoms with Gasteiger partial charge in [0.15, 0.2) is 17.7 Å². The van der Waals surface area contributed by atoms with Crippen molar-refractivity contribution in [1.29, 1.82) is 0 Å².